The molecule has 1 aliphatic rings. The second kappa shape index (κ2) is 3.66. The number of benzene rings is 1. The minimum Gasteiger partial charge on any atom is -0.313 e. The molecule has 2 rings (SSSR count). The Hall–Kier alpha value is -2.35. The van der Waals surface area contributed by atoms with Crippen LogP contribution in [0.5, 0.6) is 0 Å². The average Bonchev–Trinajstić information content (AvgIpc) is 2.53. The fraction of sp³-hybridized carbons (Fsp3) is 0.182. The average molecular weight is 214 g/mol. The summed E-state index contributed by atoms with van der Waals surface area (Å²) in [6.07, 6.45) is 0. The summed E-state index contributed by atoms with van der Waals surface area (Å²) in [5.74, 6) is 0.141. The van der Waals surface area contributed by atoms with E-state index in [-0.39, 0.29) is 11.9 Å². The van der Waals surface area contributed by atoms with Gasteiger partial charge in [-0.15, -0.1) is 0 Å². The van der Waals surface area contributed by atoms with Crippen LogP contribution in [0.3, 0.4) is 0 Å². The van der Waals surface area contributed by atoms with Gasteiger partial charge in [0.2, 0.25) is 0 Å². The minimum atomic E-state index is -0.416. The fourth-order valence-electron chi connectivity index (χ4n) is 1.75. The van der Waals surface area contributed by atoms with Gasteiger partial charge in [-0.05, 0) is 17.7 Å². The van der Waals surface area contributed by atoms with Crippen molar-refractivity contribution < 1.29 is 4.79 Å². The Kier molecular flexibility index (Phi) is 2.33. The molecule has 16 heavy (non-hydrogen) atoms. The predicted molar refractivity (Wildman–Crippen MR) is 57.9 cm³/mol. The lowest BCUT2D eigenvalue weighted by molar-refractivity contribution is 0.217. The van der Waals surface area contributed by atoms with Crippen molar-refractivity contribution in [3.05, 3.63) is 35.4 Å². The van der Waals surface area contributed by atoms with Gasteiger partial charge >= 0.3 is 6.03 Å². The Balaban J connectivity index is 2.41. The molecule has 1 saturated heterocycles. The van der Waals surface area contributed by atoms with Crippen molar-refractivity contribution in [2.24, 2.45) is 0 Å². The first-order valence-electron chi connectivity index (χ1n) is 4.76. The Labute approximate surface area is 92.8 Å². The van der Waals surface area contributed by atoms with Gasteiger partial charge in [0.1, 0.15) is 11.9 Å². The van der Waals surface area contributed by atoms with E-state index in [2.05, 4.69) is 5.32 Å². The van der Waals surface area contributed by atoms with Crippen molar-refractivity contribution in [2.75, 3.05) is 7.05 Å². The highest BCUT2D eigenvalue weighted by atomic mass is 16.2. The first-order chi connectivity index (χ1) is 7.63. The van der Waals surface area contributed by atoms with E-state index in [1.54, 1.807) is 31.3 Å². The summed E-state index contributed by atoms with van der Waals surface area (Å²) < 4.78 is 0. The Bertz CT molecular complexity index is 503. The van der Waals surface area contributed by atoms with Crippen molar-refractivity contribution in [2.45, 2.75) is 6.04 Å². The molecule has 5 nitrogen and oxygen atoms in total. The molecular formula is C11H10N4O. The van der Waals surface area contributed by atoms with Gasteiger partial charge in [-0.3, -0.25) is 10.7 Å². The monoisotopic (exact) mass is 214 g/mol. The largest absolute Gasteiger partial charge is 0.323 e. The quantitative estimate of drug-likeness (QED) is 0.737. The van der Waals surface area contributed by atoms with Gasteiger partial charge in [-0.25, -0.2) is 4.79 Å². The molecule has 1 unspecified atom stereocenters. The summed E-state index contributed by atoms with van der Waals surface area (Å²) >= 11 is 0. The molecule has 0 aliphatic carbocycles. The maximum Gasteiger partial charge on any atom is 0.323 e. The lowest BCUT2D eigenvalue weighted by atomic mass is 10.0. The summed E-state index contributed by atoms with van der Waals surface area (Å²) in [5.41, 5.74) is 1.29. The van der Waals surface area contributed by atoms with E-state index in [9.17, 15) is 4.79 Å². The van der Waals surface area contributed by atoms with Gasteiger partial charge in [0.15, 0.2) is 0 Å². The van der Waals surface area contributed by atoms with Crippen LogP contribution in [0, 0.1) is 16.7 Å². The van der Waals surface area contributed by atoms with Crippen molar-refractivity contribution in [3.63, 3.8) is 0 Å². The highest BCUT2D eigenvalue weighted by Crippen LogP contribution is 2.24. The Morgan fingerprint density at radius 3 is 2.88 bits per heavy atom. The zero-order chi connectivity index (χ0) is 11.7. The molecule has 1 aromatic carbocycles. The van der Waals surface area contributed by atoms with Gasteiger partial charge in [-0.2, -0.15) is 5.26 Å². The highest BCUT2D eigenvalue weighted by Gasteiger charge is 2.33. The summed E-state index contributed by atoms with van der Waals surface area (Å²) in [4.78, 5) is 12.8. The number of carbonyl (C=O) groups excluding carboxylic acids is 1. The summed E-state index contributed by atoms with van der Waals surface area (Å²) in [6.45, 7) is 0. The van der Waals surface area contributed by atoms with Crippen molar-refractivity contribution >= 4 is 11.9 Å². The molecule has 0 saturated carbocycles. The van der Waals surface area contributed by atoms with Crippen LogP contribution in [0.2, 0.25) is 0 Å². The van der Waals surface area contributed by atoms with E-state index in [4.69, 9.17) is 10.7 Å². The van der Waals surface area contributed by atoms with Crippen LogP contribution in [-0.2, 0) is 0 Å². The lowest BCUT2D eigenvalue weighted by Gasteiger charge is -2.17. The highest BCUT2D eigenvalue weighted by molar-refractivity contribution is 6.05. The van der Waals surface area contributed by atoms with Crippen molar-refractivity contribution in [3.8, 4) is 6.07 Å². The molecule has 80 valence electrons. The van der Waals surface area contributed by atoms with Crippen molar-refractivity contribution in [1.82, 2.24) is 10.2 Å². The number of nitriles is 1. The van der Waals surface area contributed by atoms with Crippen LogP contribution < -0.4 is 5.32 Å². The number of urea groups is 1. The molecule has 0 radical (unpaired) electrons. The third kappa shape index (κ3) is 1.50. The van der Waals surface area contributed by atoms with E-state index in [0.717, 1.165) is 5.56 Å². The normalized spacial score (nSPS) is 19.5. The number of nitrogens with one attached hydrogen (secondary N) is 2. The molecular weight excluding hydrogens is 204 g/mol. The molecule has 2 N–H and O–H groups in total. The van der Waals surface area contributed by atoms with Crippen molar-refractivity contribution in [1.29, 1.82) is 10.7 Å². The minimum absolute atomic E-state index is 0.141. The number of amidine groups is 1. The summed E-state index contributed by atoms with van der Waals surface area (Å²) in [6, 6.07) is 8.26. The van der Waals surface area contributed by atoms with Crippen LogP contribution in [0.4, 0.5) is 4.79 Å². The molecule has 5 heteroatoms. The van der Waals surface area contributed by atoms with E-state index in [0.29, 0.717) is 5.56 Å². The number of hydrogen-bond acceptors (Lipinski definition) is 3. The SMILES string of the molecule is CN1C(=O)NC(=N)C1c1cccc(C#N)c1. The molecule has 1 aliphatic heterocycles. The zero-order valence-electron chi connectivity index (χ0n) is 8.69. The van der Waals surface area contributed by atoms with Crippen LogP contribution in [0.25, 0.3) is 0 Å². The molecule has 0 spiro atoms. The second-order valence-electron chi connectivity index (χ2n) is 3.59. The smallest absolute Gasteiger partial charge is 0.313 e. The Morgan fingerprint density at radius 2 is 2.31 bits per heavy atom. The van der Waals surface area contributed by atoms with Crippen LogP contribution in [0.1, 0.15) is 17.2 Å². The van der Waals surface area contributed by atoms with Gasteiger partial charge in [-0.1, -0.05) is 12.1 Å². The van der Waals surface area contributed by atoms with Crippen LogP contribution >= 0.6 is 0 Å². The predicted octanol–water partition coefficient (Wildman–Crippen LogP) is 1.23. The Morgan fingerprint density at radius 1 is 1.56 bits per heavy atom. The van der Waals surface area contributed by atoms with E-state index in [1.165, 1.54) is 4.90 Å². The standard InChI is InChI=1S/C11H10N4O/c1-15-9(10(13)14-11(15)16)8-4-2-3-7(5-8)6-12/h2-5,9H,1H3,(H2,13,14,16). The third-order valence-electron chi connectivity index (χ3n) is 2.55. The summed E-state index contributed by atoms with van der Waals surface area (Å²) in [5, 5.41) is 18.9. The molecule has 2 amide bonds. The summed E-state index contributed by atoms with van der Waals surface area (Å²) in [7, 11) is 1.63. The molecule has 1 aromatic rings. The third-order valence-corrected chi connectivity index (χ3v) is 2.55. The van der Waals surface area contributed by atoms with Gasteiger partial charge in [0, 0.05) is 7.05 Å². The number of hydrogen-bond donors (Lipinski definition) is 2. The van der Waals surface area contributed by atoms with Gasteiger partial charge in [0.25, 0.3) is 0 Å². The second-order valence-corrected chi connectivity index (χ2v) is 3.59. The van der Waals surface area contributed by atoms with Crippen LogP contribution in [-0.4, -0.2) is 23.8 Å². The molecule has 1 fully saturated rings. The number of amides is 2. The van der Waals surface area contributed by atoms with Gasteiger partial charge in [0.05, 0.1) is 11.6 Å². The molecule has 1 heterocycles. The number of rotatable bonds is 1. The van der Waals surface area contributed by atoms with Gasteiger partial charge < -0.3 is 4.90 Å². The molecule has 1 atom stereocenters. The zero-order valence-corrected chi connectivity index (χ0v) is 8.69. The first kappa shape index (κ1) is 10.2. The molecule has 0 bridgehead atoms. The fourth-order valence-corrected chi connectivity index (χ4v) is 1.75. The lowest BCUT2D eigenvalue weighted by Crippen LogP contribution is -2.25. The van der Waals surface area contributed by atoms with E-state index >= 15 is 0 Å². The van der Waals surface area contributed by atoms with E-state index < -0.39 is 6.04 Å². The number of nitrogens with zero attached hydrogens (tertiary/aromatic N) is 2. The topological polar surface area (TPSA) is 80.0 Å². The van der Waals surface area contributed by atoms with E-state index in [1.807, 2.05) is 6.07 Å². The maximum atomic E-state index is 11.3. The maximum absolute atomic E-state index is 11.3. The van der Waals surface area contributed by atoms with Crippen LogP contribution in [0.15, 0.2) is 24.3 Å². The number of carbonyl (C=O) groups is 1. The number of likely N-dealkylation sites (N-methyl/N-ethyl adjacent to an activating group) is 1. The molecule has 0 aromatic heterocycles. The first-order valence-corrected chi connectivity index (χ1v) is 4.76.